The van der Waals surface area contributed by atoms with E-state index in [1.807, 2.05) is 6.07 Å². The van der Waals surface area contributed by atoms with Crippen LogP contribution in [0.25, 0.3) is 0 Å². The number of phenolic OH excluding ortho intramolecular Hbond substituents is 1. The Kier molecular flexibility index (Phi) is 5.98. The van der Waals surface area contributed by atoms with Gasteiger partial charge in [-0.05, 0) is 31.4 Å². The number of rotatable bonds is 8. The molecule has 0 aromatic heterocycles. The van der Waals surface area contributed by atoms with Gasteiger partial charge in [0, 0.05) is 12.6 Å². The number of ether oxygens (including phenoxy) is 1. The summed E-state index contributed by atoms with van der Waals surface area (Å²) < 4.78 is 6.27. The highest BCUT2D eigenvalue weighted by Crippen LogP contribution is 2.41. The first kappa shape index (κ1) is 17.0. The van der Waals surface area contributed by atoms with Crippen LogP contribution in [-0.2, 0) is 0 Å². The van der Waals surface area contributed by atoms with Gasteiger partial charge in [-0.25, -0.2) is 0 Å². The quantitative estimate of drug-likeness (QED) is 0.677. The fraction of sp³-hybridized carbons (Fsp3) is 0.684. The maximum atomic E-state index is 9.76. The number of hydrogen-bond acceptors (Lipinski definition) is 3. The van der Waals surface area contributed by atoms with Crippen LogP contribution in [0.3, 0.4) is 0 Å². The Hall–Kier alpha value is -1.38. The van der Waals surface area contributed by atoms with Crippen molar-refractivity contribution in [2.45, 2.75) is 71.3 Å². The first-order valence-electron chi connectivity index (χ1n) is 8.91. The van der Waals surface area contributed by atoms with E-state index in [1.165, 1.54) is 32.1 Å². The maximum Gasteiger partial charge on any atom is 0.147 e. The standard InChI is InChI=1S/C19H31NO2/c1-4-7-8-9-10-13-20-15-19(5-2,6-3)22-18-14-16(21)11-12-17(18)20/h11-12,14,21H,4-10,13,15H2,1-3H3. The third kappa shape index (κ3) is 3.88. The molecule has 1 aromatic carbocycles. The molecule has 2 rings (SSSR count). The minimum atomic E-state index is -0.121. The molecule has 0 amide bonds. The van der Waals surface area contributed by atoms with Gasteiger partial charge >= 0.3 is 0 Å². The smallest absolute Gasteiger partial charge is 0.147 e. The topological polar surface area (TPSA) is 32.7 Å². The lowest BCUT2D eigenvalue weighted by Crippen LogP contribution is -2.50. The van der Waals surface area contributed by atoms with Crippen molar-refractivity contribution < 1.29 is 9.84 Å². The Morgan fingerprint density at radius 3 is 2.50 bits per heavy atom. The number of benzene rings is 1. The van der Waals surface area contributed by atoms with Crippen molar-refractivity contribution in [2.24, 2.45) is 0 Å². The van der Waals surface area contributed by atoms with Crippen molar-refractivity contribution in [3.8, 4) is 11.5 Å². The molecule has 0 saturated carbocycles. The summed E-state index contributed by atoms with van der Waals surface area (Å²) in [5.74, 6) is 1.12. The molecule has 0 spiro atoms. The van der Waals surface area contributed by atoms with Gasteiger partial charge in [-0.1, -0.05) is 46.5 Å². The van der Waals surface area contributed by atoms with E-state index in [0.29, 0.717) is 0 Å². The molecule has 3 heteroatoms. The third-order valence-corrected chi connectivity index (χ3v) is 4.91. The Balaban J connectivity index is 2.10. The van der Waals surface area contributed by atoms with E-state index in [-0.39, 0.29) is 11.4 Å². The number of hydrogen-bond donors (Lipinski definition) is 1. The zero-order valence-electron chi connectivity index (χ0n) is 14.4. The van der Waals surface area contributed by atoms with Gasteiger partial charge in [0.15, 0.2) is 0 Å². The maximum absolute atomic E-state index is 9.76. The molecule has 0 bridgehead atoms. The summed E-state index contributed by atoms with van der Waals surface area (Å²) in [4.78, 5) is 2.46. The molecule has 1 N–H and O–H groups in total. The monoisotopic (exact) mass is 305 g/mol. The molecule has 1 aliphatic rings. The molecule has 0 radical (unpaired) electrons. The van der Waals surface area contributed by atoms with Crippen LogP contribution in [0.4, 0.5) is 5.69 Å². The predicted octanol–water partition coefficient (Wildman–Crippen LogP) is 5.12. The molecule has 0 unspecified atom stereocenters. The molecule has 1 heterocycles. The van der Waals surface area contributed by atoms with Crippen molar-refractivity contribution >= 4 is 5.69 Å². The number of aromatic hydroxyl groups is 1. The number of nitrogens with zero attached hydrogens (tertiary/aromatic N) is 1. The van der Waals surface area contributed by atoms with Crippen LogP contribution in [0, 0.1) is 0 Å². The van der Waals surface area contributed by atoms with Crippen LogP contribution >= 0.6 is 0 Å². The molecule has 124 valence electrons. The molecule has 22 heavy (non-hydrogen) atoms. The van der Waals surface area contributed by atoms with Crippen molar-refractivity contribution in [3.63, 3.8) is 0 Å². The highest BCUT2D eigenvalue weighted by Gasteiger charge is 2.36. The molecule has 1 aliphatic heterocycles. The minimum Gasteiger partial charge on any atom is -0.508 e. The first-order chi connectivity index (χ1) is 10.6. The summed E-state index contributed by atoms with van der Waals surface area (Å²) >= 11 is 0. The third-order valence-electron chi connectivity index (χ3n) is 4.91. The first-order valence-corrected chi connectivity index (χ1v) is 8.91. The number of anilines is 1. The summed E-state index contributed by atoms with van der Waals surface area (Å²) in [6.07, 6.45) is 8.45. The summed E-state index contributed by atoms with van der Waals surface area (Å²) in [5.41, 5.74) is 1.01. The van der Waals surface area contributed by atoms with E-state index in [1.54, 1.807) is 12.1 Å². The highest BCUT2D eigenvalue weighted by molar-refractivity contribution is 5.63. The predicted molar refractivity (Wildman–Crippen MR) is 93.0 cm³/mol. The van der Waals surface area contributed by atoms with Gasteiger partial charge < -0.3 is 14.7 Å². The van der Waals surface area contributed by atoms with Gasteiger partial charge in [0.1, 0.15) is 17.1 Å². The van der Waals surface area contributed by atoms with Gasteiger partial charge in [-0.3, -0.25) is 0 Å². The second-order valence-corrected chi connectivity index (χ2v) is 6.48. The van der Waals surface area contributed by atoms with Gasteiger partial charge in [-0.2, -0.15) is 0 Å². The molecule has 0 saturated heterocycles. The fourth-order valence-corrected chi connectivity index (χ4v) is 3.27. The zero-order valence-corrected chi connectivity index (χ0v) is 14.4. The molecular weight excluding hydrogens is 274 g/mol. The molecular formula is C19H31NO2. The summed E-state index contributed by atoms with van der Waals surface area (Å²) in [7, 11) is 0. The Morgan fingerprint density at radius 2 is 1.82 bits per heavy atom. The van der Waals surface area contributed by atoms with Crippen LogP contribution in [0.2, 0.25) is 0 Å². The van der Waals surface area contributed by atoms with Crippen molar-refractivity contribution in [1.29, 1.82) is 0 Å². The average molecular weight is 305 g/mol. The Labute approximate surface area is 135 Å². The van der Waals surface area contributed by atoms with E-state index in [0.717, 1.165) is 37.4 Å². The van der Waals surface area contributed by atoms with Crippen LogP contribution in [0.15, 0.2) is 18.2 Å². The number of unbranched alkanes of at least 4 members (excludes halogenated alkanes) is 4. The van der Waals surface area contributed by atoms with Crippen LogP contribution in [0.5, 0.6) is 11.5 Å². The number of phenols is 1. The lowest BCUT2D eigenvalue weighted by Gasteiger charge is -2.44. The summed E-state index contributed by atoms with van der Waals surface area (Å²) in [6, 6.07) is 5.52. The van der Waals surface area contributed by atoms with Gasteiger partial charge in [0.25, 0.3) is 0 Å². The van der Waals surface area contributed by atoms with Crippen LogP contribution < -0.4 is 9.64 Å². The lowest BCUT2D eigenvalue weighted by molar-refractivity contribution is 0.0571. The fourth-order valence-electron chi connectivity index (χ4n) is 3.27. The molecule has 0 fully saturated rings. The lowest BCUT2D eigenvalue weighted by atomic mass is 9.93. The molecule has 1 aromatic rings. The summed E-state index contributed by atoms with van der Waals surface area (Å²) in [6.45, 7) is 8.66. The van der Waals surface area contributed by atoms with Crippen LogP contribution in [0.1, 0.15) is 65.7 Å². The highest BCUT2D eigenvalue weighted by atomic mass is 16.5. The normalized spacial score (nSPS) is 16.2. The SMILES string of the molecule is CCCCCCCN1CC(CC)(CC)Oc2cc(O)ccc21. The van der Waals surface area contributed by atoms with Gasteiger partial charge in [0.05, 0.1) is 12.2 Å². The van der Waals surface area contributed by atoms with E-state index in [9.17, 15) is 5.11 Å². The van der Waals surface area contributed by atoms with Gasteiger partial charge in [-0.15, -0.1) is 0 Å². The molecule has 3 nitrogen and oxygen atoms in total. The van der Waals surface area contributed by atoms with Crippen molar-refractivity contribution in [3.05, 3.63) is 18.2 Å². The summed E-state index contributed by atoms with van der Waals surface area (Å²) in [5, 5.41) is 9.76. The Morgan fingerprint density at radius 1 is 1.09 bits per heavy atom. The van der Waals surface area contributed by atoms with Crippen molar-refractivity contribution in [2.75, 3.05) is 18.0 Å². The van der Waals surface area contributed by atoms with Crippen LogP contribution in [-0.4, -0.2) is 23.8 Å². The number of fused-ring (bicyclic) bond motifs is 1. The second kappa shape index (κ2) is 7.75. The largest absolute Gasteiger partial charge is 0.508 e. The van der Waals surface area contributed by atoms with E-state index >= 15 is 0 Å². The van der Waals surface area contributed by atoms with Crippen molar-refractivity contribution in [1.82, 2.24) is 0 Å². The van der Waals surface area contributed by atoms with E-state index in [2.05, 4.69) is 25.7 Å². The minimum absolute atomic E-state index is 0.121. The van der Waals surface area contributed by atoms with E-state index in [4.69, 9.17) is 4.74 Å². The van der Waals surface area contributed by atoms with E-state index < -0.39 is 0 Å². The molecule has 0 aliphatic carbocycles. The second-order valence-electron chi connectivity index (χ2n) is 6.48. The van der Waals surface area contributed by atoms with Gasteiger partial charge in [0.2, 0.25) is 0 Å². The zero-order chi connectivity index (χ0) is 16.0. The Bertz CT molecular complexity index is 469. The molecule has 0 atom stereocenters. The average Bonchev–Trinajstić information content (AvgIpc) is 2.53.